The van der Waals surface area contributed by atoms with Crippen LogP contribution in [0, 0.1) is 10.1 Å². The van der Waals surface area contributed by atoms with Crippen LogP contribution < -0.4 is 0 Å². The van der Waals surface area contributed by atoms with E-state index in [0.717, 1.165) is 6.07 Å². The van der Waals surface area contributed by atoms with Crippen LogP contribution in [0.15, 0.2) is 18.2 Å². The number of nitrogens with zero attached hydrogens (tertiary/aromatic N) is 2. The van der Waals surface area contributed by atoms with Gasteiger partial charge in [-0.3, -0.25) is 10.1 Å². The second-order valence-corrected chi connectivity index (χ2v) is 5.74. The Morgan fingerprint density at radius 1 is 1.36 bits per heavy atom. The fraction of sp³-hybridized carbons (Fsp3) is 0.429. The van der Waals surface area contributed by atoms with Crippen LogP contribution >= 0.6 is 0 Å². The van der Waals surface area contributed by atoms with Gasteiger partial charge in [-0.05, 0) is 32.9 Å². The van der Waals surface area contributed by atoms with Crippen LogP contribution in [0.1, 0.15) is 36.7 Å². The molecule has 0 atom stereocenters. The fourth-order valence-corrected chi connectivity index (χ4v) is 1.66. The zero-order valence-electron chi connectivity index (χ0n) is 12.8. The highest BCUT2D eigenvalue weighted by molar-refractivity contribution is 5.88. The maximum absolute atomic E-state index is 11.9. The molecular weight excluding hydrogens is 292 g/mol. The topological polar surface area (TPSA) is 110 Å². The first kappa shape index (κ1) is 17.4. The van der Waals surface area contributed by atoms with Crippen LogP contribution in [0.2, 0.25) is 0 Å². The first-order chi connectivity index (χ1) is 10.0. The Hall–Kier alpha value is -2.64. The van der Waals surface area contributed by atoms with Gasteiger partial charge in [-0.1, -0.05) is 0 Å². The number of aromatic carboxylic acids is 1. The molecule has 0 radical (unpaired) electrons. The van der Waals surface area contributed by atoms with Crippen molar-refractivity contribution in [3.8, 4) is 0 Å². The maximum atomic E-state index is 11.9. The number of hydrogen-bond donors (Lipinski definition) is 1. The maximum Gasteiger partial charge on any atom is 0.410 e. The molecule has 0 aromatic heterocycles. The van der Waals surface area contributed by atoms with Crippen molar-refractivity contribution in [1.29, 1.82) is 0 Å². The molecule has 0 aliphatic rings. The number of hydrogen-bond acceptors (Lipinski definition) is 5. The minimum atomic E-state index is -1.25. The smallest absolute Gasteiger partial charge is 0.410 e. The Morgan fingerprint density at radius 2 is 1.95 bits per heavy atom. The van der Waals surface area contributed by atoms with E-state index in [4.69, 9.17) is 9.84 Å². The molecule has 22 heavy (non-hydrogen) atoms. The highest BCUT2D eigenvalue weighted by Gasteiger charge is 2.23. The second-order valence-electron chi connectivity index (χ2n) is 5.74. The largest absolute Gasteiger partial charge is 0.478 e. The summed E-state index contributed by atoms with van der Waals surface area (Å²) in [6.45, 7) is 5.07. The third-order valence-corrected chi connectivity index (χ3v) is 2.64. The van der Waals surface area contributed by atoms with Crippen molar-refractivity contribution < 1.29 is 24.4 Å². The quantitative estimate of drug-likeness (QED) is 0.676. The minimum Gasteiger partial charge on any atom is -0.478 e. The van der Waals surface area contributed by atoms with E-state index >= 15 is 0 Å². The molecule has 1 aromatic rings. The minimum absolute atomic E-state index is 0.0644. The molecule has 1 N–H and O–H groups in total. The van der Waals surface area contributed by atoms with Crippen LogP contribution in [0.4, 0.5) is 10.5 Å². The molecule has 0 spiro atoms. The highest BCUT2D eigenvalue weighted by atomic mass is 16.6. The number of benzene rings is 1. The summed E-state index contributed by atoms with van der Waals surface area (Å²) in [5.41, 5.74) is -0.987. The molecule has 0 bridgehead atoms. The molecule has 0 saturated carbocycles. The molecule has 8 nitrogen and oxygen atoms in total. The summed E-state index contributed by atoms with van der Waals surface area (Å²) in [7, 11) is 1.45. The van der Waals surface area contributed by atoms with E-state index < -0.39 is 22.6 Å². The van der Waals surface area contributed by atoms with Crippen molar-refractivity contribution in [2.75, 3.05) is 7.05 Å². The molecule has 1 amide bonds. The van der Waals surface area contributed by atoms with Crippen LogP contribution in [0.5, 0.6) is 0 Å². The van der Waals surface area contributed by atoms with Crippen molar-refractivity contribution in [2.24, 2.45) is 0 Å². The Bertz CT molecular complexity index is 606. The zero-order chi connectivity index (χ0) is 17.1. The average Bonchev–Trinajstić information content (AvgIpc) is 2.36. The van der Waals surface area contributed by atoms with Gasteiger partial charge in [0.15, 0.2) is 0 Å². The van der Waals surface area contributed by atoms with Gasteiger partial charge in [-0.2, -0.15) is 0 Å². The first-order valence-electron chi connectivity index (χ1n) is 6.46. The van der Waals surface area contributed by atoms with Crippen LogP contribution in [0.25, 0.3) is 0 Å². The lowest BCUT2D eigenvalue weighted by Gasteiger charge is -2.24. The van der Waals surface area contributed by atoms with Gasteiger partial charge in [0.25, 0.3) is 5.69 Å². The Balaban J connectivity index is 3.00. The van der Waals surface area contributed by atoms with E-state index in [1.807, 2.05) is 0 Å². The number of ether oxygens (including phenoxy) is 1. The monoisotopic (exact) mass is 310 g/mol. The predicted octanol–water partition coefficient (Wildman–Crippen LogP) is 2.66. The highest BCUT2D eigenvalue weighted by Crippen LogP contribution is 2.22. The molecule has 120 valence electrons. The molecule has 1 aromatic carbocycles. The summed E-state index contributed by atoms with van der Waals surface area (Å²) < 4.78 is 5.16. The number of carboxylic acid groups (broad SMARTS) is 1. The number of nitro groups is 1. The number of carboxylic acids is 1. The lowest BCUT2D eigenvalue weighted by atomic mass is 10.1. The Morgan fingerprint density at radius 3 is 2.41 bits per heavy atom. The third kappa shape index (κ3) is 4.72. The molecule has 1 rings (SSSR count). The van der Waals surface area contributed by atoms with Crippen molar-refractivity contribution in [3.63, 3.8) is 0 Å². The first-order valence-corrected chi connectivity index (χ1v) is 6.46. The van der Waals surface area contributed by atoms with E-state index in [1.54, 1.807) is 20.8 Å². The van der Waals surface area contributed by atoms with Crippen molar-refractivity contribution in [3.05, 3.63) is 39.4 Å². The zero-order valence-corrected chi connectivity index (χ0v) is 12.8. The summed E-state index contributed by atoms with van der Waals surface area (Å²) in [4.78, 5) is 34.3. The van der Waals surface area contributed by atoms with Gasteiger partial charge < -0.3 is 14.7 Å². The molecule has 0 aliphatic carbocycles. The standard InChI is InChI=1S/C14H18N2O6/c1-14(2,3)22-13(19)15(4)8-10-6-5-9(12(17)18)7-11(10)16(20)21/h5-7H,8H2,1-4H3,(H,17,18). The fourth-order valence-electron chi connectivity index (χ4n) is 1.66. The average molecular weight is 310 g/mol. The summed E-state index contributed by atoms with van der Waals surface area (Å²) in [6.07, 6.45) is -0.621. The van der Waals surface area contributed by atoms with E-state index in [-0.39, 0.29) is 23.4 Å². The molecular formula is C14H18N2O6. The summed E-state index contributed by atoms with van der Waals surface area (Å²) >= 11 is 0. The van der Waals surface area contributed by atoms with E-state index in [1.165, 1.54) is 24.1 Å². The number of rotatable bonds is 4. The van der Waals surface area contributed by atoms with E-state index in [9.17, 15) is 19.7 Å². The number of nitro benzene ring substituents is 1. The SMILES string of the molecule is CN(Cc1ccc(C(=O)O)cc1[N+](=O)[O-])C(=O)OC(C)(C)C. The van der Waals surface area contributed by atoms with Gasteiger partial charge in [0, 0.05) is 18.7 Å². The van der Waals surface area contributed by atoms with Crippen LogP contribution in [-0.4, -0.2) is 39.6 Å². The molecule has 0 aliphatic heterocycles. The van der Waals surface area contributed by atoms with Gasteiger partial charge in [0.05, 0.1) is 17.0 Å². The van der Waals surface area contributed by atoms with Gasteiger partial charge in [0.1, 0.15) is 5.60 Å². The van der Waals surface area contributed by atoms with Gasteiger partial charge >= 0.3 is 12.1 Å². The molecule has 0 unspecified atom stereocenters. The lowest BCUT2D eigenvalue weighted by Crippen LogP contribution is -2.33. The van der Waals surface area contributed by atoms with Crippen molar-refractivity contribution in [2.45, 2.75) is 32.9 Å². The molecule has 0 fully saturated rings. The van der Waals surface area contributed by atoms with E-state index in [0.29, 0.717) is 0 Å². The molecule has 8 heteroatoms. The predicted molar refractivity (Wildman–Crippen MR) is 77.8 cm³/mol. The second kappa shape index (κ2) is 6.42. The number of carbonyl (C=O) groups is 2. The van der Waals surface area contributed by atoms with Gasteiger partial charge in [0.2, 0.25) is 0 Å². The summed E-state index contributed by atoms with van der Waals surface area (Å²) in [6, 6.07) is 3.55. The Labute approximate surface area is 127 Å². The van der Waals surface area contributed by atoms with Gasteiger partial charge in [-0.25, -0.2) is 9.59 Å². The van der Waals surface area contributed by atoms with Crippen molar-refractivity contribution >= 4 is 17.7 Å². The van der Waals surface area contributed by atoms with Gasteiger partial charge in [-0.15, -0.1) is 0 Å². The lowest BCUT2D eigenvalue weighted by molar-refractivity contribution is -0.385. The molecule has 0 saturated heterocycles. The Kier molecular flexibility index (Phi) is 5.08. The normalized spacial score (nSPS) is 10.9. The molecule has 0 heterocycles. The van der Waals surface area contributed by atoms with Crippen LogP contribution in [-0.2, 0) is 11.3 Å². The number of amides is 1. The number of carbonyl (C=O) groups excluding carboxylic acids is 1. The van der Waals surface area contributed by atoms with Crippen LogP contribution in [0.3, 0.4) is 0 Å². The third-order valence-electron chi connectivity index (χ3n) is 2.64. The summed E-state index contributed by atoms with van der Waals surface area (Å²) in [5.74, 6) is -1.25. The van der Waals surface area contributed by atoms with Crippen molar-refractivity contribution in [1.82, 2.24) is 4.90 Å². The summed E-state index contributed by atoms with van der Waals surface area (Å²) in [5, 5.41) is 19.9. The van der Waals surface area contributed by atoms with E-state index in [2.05, 4.69) is 0 Å².